The van der Waals surface area contributed by atoms with E-state index in [0.29, 0.717) is 9.87 Å². The van der Waals surface area contributed by atoms with Gasteiger partial charge in [-0.05, 0) is 26.2 Å². The molecule has 0 aliphatic carbocycles. The van der Waals surface area contributed by atoms with Gasteiger partial charge in [0, 0.05) is 6.54 Å². The lowest BCUT2D eigenvalue weighted by atomic mass is 10.0. The molecule has 1 fully saturated rings. The first-order chi connectivity index (χ1) is 8.09. The van der Waals surface area contributed by atoms with Gasteiger partial charge in [-0.2, -0.15) is 0 Å². The predicted molar refractivity (Wildman–Crippen MR) is 72.3 cm³/mol. The standard InChI is InChI=1S/C11H15N3OS2/c1-7-13-6-9(17-7)11(15)14-5-3-2-4-8(14)10(12)16/h6,8H,2-5H2,1H3,(H2,12,16). The molecule has 1 aromatic heterocycles. The number of carbonyl (C=O) groups is 1. The van der Waals surface area contributed by atoms with Crippen LogP contribution in [0.2, 0.25) is 0 Å². The van der Waals surface area contributed by atoms with Crippen LogP contribution in [0.25, 0.3) is 0 Å². The molecule has 1 atom stereocenters. The normalized spacial score (nSPS) is 20.3. The summed E-state index contributed by atoms with van der Waals surface area (Å²) in [5, 5.41) is 0.900. The van der Waals surface area contributed by atoms with E-state index in [1.165, 1.54) is 11.3 Å². The first kappa shape index (κ1) is 12.4. The number of hydrogen-bond donors (Lipinski definition) is 1. The Balaban J connectivity index is 2.19. The summed E-state index contributed by atoms with van der Waals surface area (Å²) in [6.45, 7) is 2.63. The van der Waals surface area contributed by atoms with Crippen LogP contribution >= 0.6 is 23.6 Å². The number of aryl methyl sites for hydroxylation is 1. The Bertz CT molecular complexity index is 444. The van der Waals surface area contributed by atoms with Crippen molar-refractivity contribution < 1.29 is 4.79 Å². The quantitative estimate of drug-likeness (QED) is 0.831. The zero-order valence-corrected chi connectivity index (χ0v) is 11.3. The van der Waals surface area contributed by atoms with E-state index in [1.807, 2.05) is 6.92 Å². The SMILES string of the molecule is Cc1ncc(C(=O)N2CCCCC2C(N)=S)s1. The molecule has 0 radical (unpaired) electrons. The number of nitrogens with two attached hydrogens (primary N) is 1. The molecule has 0 saturated carbocycles. The van der Waals surface area contributed by atoms with Gasteiger partial charge in [0.1, 0.15) is 4.88 Å². The average molecular weight is 269 g/mol. The molecule has 4 nitrogen and oxygen atoms in total. The second-order valence-corrected chi connectivity index (χ2v) is 5.86. The van der Waals surface area contributed by atoms with E-state index in [4.69, 9.17) is 18.0 Å². The lowest BCUT2D eigenvalue weighted by Gasteiger charge is -2.34. The Morgan fingerprint density at radius 1 is 1.65 bits per heavy atom. The predicted octanol–water partition coefficient (Wildman–Crippen LogP) is 1.73. The third kappa shape index (κ3) is 2.63. The fourth-order valence-corrected chi connectivity index (χ4v) is 3.05. The molecule has 1 saturated heterocycles. The summed E-state index contributed by atoms with van der Waals surface area (Å²) in [5.41, 5.74) is 5.70. The summed E-state index contributed by atoms with van der Waals surface area (Å²) in [4.78, 5) is 19.3. The van der Waals surface area contributed by atoms with Gasteiger partial charge in [-0.1, -0.05) is 12.2 Å². The molecule has 2 heterocycles. The van der Waals surface area contributed by atoms with E-state index >= 15 is 0 Å². The molecule has 92 valence electrons. The van der Waals surface area contributed by atoms with Crippen molar-refractivity contribution in [2.75, 3.05) is 6.54 Å². The molecule has 1 aliphatic heterocycles. The summed E-state index contributed by atoms with van der Waals surface area (Å²) < 4.78 is 0. The summed E-state index contributed by atoms with van der Waals surface area (Å²) >= 11 is 6.46. The smallest absolute Gasteiger partial charge is 0.266 e. The maximum Gasteiger partial charge on any atom is 0.266 e. The van der Waals surface area contributed by atoms with Gasteiger partial charge in [-0.15, -0.1) is 11.3 Å². The number of carbonyl (C=O) groups excluding carboxylic acids is 1. The number of thiazole rings is 1. The average Bonchev–Trinajstić information content (AvgIpc) is 2.75. The minimum Gasteiger partial charge on any atom is -0.392 e. The molecule has 0 aromatic carbocycles. The Hall–Kier alpha value is -1.01. The second kappa shape index (κ2) is 5.10. The van der Waals surface area contributed by atoms with Crippen LogP contribution in [0.3, 0.4) is 0 Å². The van der Waals surface area contributed by atoms with Crippen molar-refractivity contribution in [2.24, 2.45) is 5.73 Å². The van der Waals surface area contributed by atoms with Crippen LogP contribution < -0.4 is 5.73 Å². The van der Waals surface area contributed by atoms with Crippen molar-refractivity contribution in [3.63, 3.8) is 0 Å². The number of aromatic nitrogens is 1. The molecule has 1 unspecified atom stereocenters. The monoisotopic (exact) mass is 269 g/mol. The van der Waals surface area contributed by atoms with Crippen molar-refractivity contribution >= 4 is 34.5 Å². The first-order valence-electron chi connectivity index (χ1n) is 5.62. The van der Waals surface area contributed by atoms with Gasteiger partial charge in [0.2, 0.25) is 0 Å². The molecular weight excluding hydrogens is 254 g/mol. The van der Waals surface area contributed by atoms with Gasteiger partial charge in [-0.25, -0.2) is 4.98 Å². The number of rotatable bonds is 2. The number of likely N-dealkylation sites (tertiary alicyclic amines) is 1. The van der Waals surface area contributed by atoms with E-state index in [-0.39, 0.29) is 11.9 Å². The molecule has 1 aromatic rings. The third-order valence-corrected chi connectivity index (χ3v) is 4.10. The molecule has 1 amide bonds. The molecule has 0 spiro atoms. The molecule has 0 bridgehead atoms. The maximum absolute atomic E-state index is 12.3. The number of nitrogens with zero attached hydrogens (tertiary/aromatic N) is 2. The fraction of sp³-hybridized carbons (Fsp3) is 0.545. The minimum absolute atomic E-state index is 0.00750. The van der Waals surface area contributed by atoms with Crippen molar-refractivity contribution in [3.8, 4) is 0 Å². The largest absolute Gasteiger partial charge is 0.392 e. The Morgan fingerprint density at radius 3 is 3.00 bits per heavy atom. The van der Waals surface area contributed by atoms with E-state index in [1.54, 1.807) is 11.1 Å². The van der Waals surface area contributed by atoms with E-state index < -0.39 is 0 Å². The first-order valence-corrected chi connectivity index (χ1v) is 6.85. The van der Waals surface area contributed by atoms with Gasteiger partial charge in [0.15, 0.2) is 0 Å². The van der Waals surface area contributed by atoms with Gasteiger partial charge in [-0.3, -0.25) is 4.79 Å². The molecule has 17 heavy (non-hydrogen) atoms. The highest BCUT2D eigenvalue weighted by Gasteiger charge is 2.30. The summed E-state index contributed by atoms with van der Waals surface area (Å²) in [6, 6.07) is -0.0892. The lowest BCUT2D eigenvalue weighted by molar-refractivity contribution is 0.0686. The number of amides is 1. The lowest BCUT2D eigenvalue weighted by Crippen LogP contribution is -2.49. The molecule has 2 rings (SSSR count). The maximum atomic E-state index is 12.3. The van der Waals surface area contributed by atoms with Gasteiger partial charge in [0.05, 0.1) is 22.2 Å². The van der Waals surface area contributed by atoms with Crippen LogP contribution in [-0.4, -0.2) is 33.4 Å². The summed E-state index contributed by atoms with van der Waals surface area (Å²) in [5.74, 6) is 0.00750. The van der Waals surface area contributed by atoms with Crippen molar-refractivity contribution in [3.05, 3.63) is 16.1 Å². The van der Waals surface area contributed by atoms with Gasteiger partial charge in [0.25, 0.3) is 5.91 Å². The van der Waals surface area contributed by atoms with E-state index in [0.717, 1.165) is 30.8 Å². The highest BCUT2D eigenvalue weighted by Crippen LogP contribution is 2.22. The molecular formula is C11H15N3OS2. The number of thiocarbonyl (C=S) groups is 1. The zero-order valence-electron chi connectivity index (χ0n) is 9.68. The number of piperidine rings is 1. The van der Waals surface area contributed by atoms with Crippen LogP contribution in [0, 0.1) is 6.92 Å². The van der Waals surface area contributed by atoms with Gasteiger partial charge >= 0.3 is 0 Å². The highest BCUT2D eigenvalue weighted by atomic mass is 32.1. The fourth-order valence-electron chi connectivity index (χ4n) is 2.07. The number of hydrogen-bond acceptors (Lipinski definition) is 4. The van der Waals surface area contributed by atoms with Crippen LogP contribution in [-0.2, 0) is 0 Å². The van der Waals surface area contributed by atoms with Crippen LogP contribution in [0.5, 0.6) is 0 Å². The highest BCUT2D eigenvalue weighted by molar-refractivity contribution is 7.80. The summed E-state index contributed by atoms with van der Waals surface area (Å²) in [7, 11) is 0. The Kier molecular flexibility index (Phi) is 3.73. The molecule has 6 heteroatoms. The van der Waals surface area contributed by atoms with Crippen molar-refractivity contribution in [1.82, 2.24) is 9.88 Å². The van der Waals surface area contributed by atoms with Gasteiger partial charge < -0.3 is 10.6 Å². The van der Waals surface area contributed by atoms with Crippen LogP contribution in [0.1, 0.15) is 33.9 Å². The molecule has 1 aliphatic rings. The van der Waals surface area contributed by atoms with Crippen LogP contribution in [0.15, 0.2) is 6.20 Å². The third-order valence-electron chi connectivity index (χ3n) is 2.92. The topological polar surface area (TPSA) is 59.2 Å². The van der Waals surface area contributed by atoms with E-state index in [9.17, 15) is 4.79 Å². The van der Waals surface area contributed by atoms with Crippen molar-refractivity contribution in [2.45, 2.75) is 32.2 Å². The minimum atomic E-state index is -0.0892. The second-order valence-electron chi connectivity index (χ2n) is 4.16. The Morgan fingerprint density at radius 2 is 2.41 bits per heavy atom. The zero-order chi connectivity index (χ0) is 12.4. The van der Waals surface area contributed by atoms with Crippen molar-refractivity contribution in [1.29, 1.82) is 0 Å². The summed E-state index contributed by atoms with van der Waals surface area (Å²) in [6.07, 6.45) is 4.60. The Labute approximate surface area is 110 Å². The van der Waals surface area contributed by atoms with E-state index in [2.05, 4.69) is 4.98 Å². The molecule has 2 N–H and O–H groups in total. The van der Waals surface area contributed by atoms with Crippen LogP contribution in [0.4, 0.5) is 0 Å².